The van der Waals surface area contributed by atoms with Crippen molar-refractivity contribution < 1.29 is 8.78 Å². The summed E-state index contributed by atoms with van der Waals surface area (Å²) >= 11 is 0. The molecule has 0 unspecified atom stereocenters. The van der Waals surface area contributed by atoms with E-state index in [-0.39, 0.29) is 5.56 Å². The Morgan fingerprint density at radius 2 is 1.67 bits per heavy atom. The third-order valence-corrected chi connectivity index (χ3v) is 2.54. The van der Waals surface area contributed by atoms with Crippen LogP contribution in [0.25, 0.3) is 0 Å². The van der Waals surface area contributed by atoms with Crippen LogP contribution in [0.4, 0.5) is 8.78 Å². The topological polar surface area (TPSA) is 26.0 Å². The van der Waals surface area contributed by atoms with E-state index in [2.05, 4.69) is 0 Å². The molecule has 0 fully saturated rings. The van der Waals surface area contributed by atoms with Gasteiger partial charge < -0.3 is 5.73 Å². The molecule has 0 atom stereocenters. The van der Waals surface area contributed by atoms with Crippen molar-refractivity contribution in [2.24, 2.45) is 5.73 Å². The predicted molar refractivity (Wildman–Crippen MR) is 58.1 cm³/mol. The van der Waals surface area contributed by atoms with Crippen LogP contribution in [0, 0.1) is 13.8 Å². The standard InChI is InChI=1S/C12H17F2N/c1-8-5-6-9(2)10(7-8)12(13,14)11(3,4)15/h5-7H,15H2,1-4H3. The van der Waals surface area contributed by atoms with E-state index in [1.165, 1.54) is 19.9 Å². The maximum atomic E-state index is 14.0. The number of benzene rings is 1. The highest BCUT2D eigenvalue weighted by molar-refractivity contribution is 5.35. The Morgan fingerprint density at radius 1 is 1.13 bits per heavy atom. The summed E-state index contributed by atoms with van der Waals surface area (Å²) in [6.45, 7) is 6.15. The van der Waals surface area contributed by atoms with Gasteiger partial charge >= 0.3 is 0 Å². The van der Waals surface area contributed by atoms with Crippen molar-refractivity contribution in [3.63, 3.8) is 0 Å². The zero-order chi connectivity index (χ0) is 11.9. The van der Waals surface area contributed by atoms with Crippen molar-refractivity contribution in [1.82, 2.24) is 0 Å². The highest BCUT2D eigenvalue weighted by atomic mass is 19.3. The van der Waals surface area contributed by atoms with Crippen molar-refractivity contribution in [1.29, 1.82) is 0 Å². The van der Waals surface area contributed by atoms with Gasteiger partial charge in [0.1, 0.15) is 0 Å². The lowest BCUT2D eigenvalue weighted by molar-refractivity contribution is -0.0678. The molecule has 1 aromatic carbocycles. The third kappa shape index (κ3) is 2.17. The number of rotatable bonds is 2. The van der Waals surface area contributed by atoms with Crippen LogP contribution in [0.15, 0.2) is 18.2 Å². The average Bonchev–Trinajstić information content (AvgIpc) is 2.07. The first kappa shape index (κ1) is 12.1. The minimum atomic E-state index is -3.01. The fraction of sp³-hybridized carbons (Fsp3) is 0.500. The summed E-state index contributed by atoms with van der Waals surface area (Å²) in [6.07, 6.45) is 0. The molecular formula is C12H17F2N. The van der Waals surface area contributed by atoms with Crippen LogP contribution >= 0.6 is 0 Å². The summed E-state index contributed by atoms with van der Waals surface area (Å²) in [7, 11) is 0. The van der Waals surface area contributed by atoms with Crippen molar-refractivity contribution in [2.75, 3.05) is 0 Å². The number of halogens is 2. The molecule has 0 saturated carbocycles. The Hall–Kier alpha value is -0.960. The summed E-state index contributed by atoms with van der Waals surface area (Å²) in [6, 6.07) is 5.02. The molecule has 0 spiro atoms. The molecular weight excluding hydrogens is 196 g/mol. The van der Waals surface area contributed by atoms with E-state index < -0.39 is 11.5 Å². The molecule has 1 aromatic rings. The third-order valence-electron chi connectivity index (χ3n) is 2.54. The molecule has 0 bridgehead atoms. The SMILES string of the molecule is Cc1ccc(C)c(C(F)(F)C(C)(C)N)c1. The van der Waals surface area contributed by atoms with E-state index in [1.807, 2.05) is 6.07 Å². The molecule has 0 aliphatic carbocycles. The van der Waals surface area contributed by atoms with Crippen LogP contribution in [0.1, 0.15) is 30.5 Å². The Kier molecular flexibility index (Phi) is 2.88. The molecule has 84 valence electrons. The Labute approximate surface area is 89.3 Å². The van der Waals surface area contributed by atoms with Gasteiger partial charge in [-0.05, 0) is 39.3 Å². The van der Waals surface area contributed by atoms with Crippen LogP contribution in [0.5, 0.6) is 0 Å². The molecule has 3 heteroatoms. The van der Waals surface area contributed by atoms with Gasteiger partial charge in [0.15, 0.2) is 0 Å². The van der Waals surface area contributed by atoms with E-state index in [0.717, 1.165) is 5.56 Å². The van der Waals surface area contributed by atoms with Crippen LogP contribution < -0.4 is 5.73 Å². The monoisotopic (exact) mass is 213 g/mol. The smallest absolute Gasteiger partial charge is 0.290 e. The minimum Gasteiger partial charge on any atom is -0.320 e. The van der Waals surface area contributed by atoms with Crippen LogP contribution in [-0.2, 0) is 5.92 Å². The van der Waals surface area contributed by atoms with Crippen molar-refractivity contribution in [3.8, 4) is 0 Å². The lowest BCUT2D eigenvalue weighted by atomic mass is 9.88. The molecule has 1 nitrogen and oxygen atoms in total. The summed E-state index contributed by atoms with van der Waals surface area (Å²) in [5.41, 5.74) is 5.38. The highest BCUT2D eigenvalue weighted by Crippen LogP contribution is 2.38. The Bertz CT molecular complexity index is 364. The average molecular weight is 213 g/mol. The first-order valence-corrected chi connectivity index (χ1v) is 4.90. The maximum Gasteiger partial charge on any atom is 0.290 e. The second-order valence-corrected chi connectivity index (χ2v) is 4.61. The van der Waals surface area contributed by atoms with Crippen LogP contribution in [-0.4, -0.2) is 5.54 Å². The normalized spacial score (nSPS) is 13.0. The first-order chi connectivity index (χ1) is 6.66. The summed E-state index contributed by atoms with van der Waals surface area (Å²) in [5.74, 6) is -3.01. The largest absolute Gasteiger partial charge is 0.320 e. The highest BCUT2D eigenvalue weighted by Gasteiger charge is 2.46. The van der Waals surface area contributed by atoms with Gasteiger partial charge in [-0.25, -0.2) is 0 Å². The van der Waals surface area contributed by atoms with Gasteiger partial charge in [0, 0.05) is 5.56 Å². The van der Waals surface area contributed by atoms with Crippen molar-refractivity contribution in [2.45, 2.75) is 39.2 Å². The van der Waals surface area contributed by atoms with E-state index in [0.29, 0.717) is 5.56 Å². The van der Waals surface area contributed by atoms with E-state index >= 15 is 0 Å². The summed E-state index contributed by atoms with van der Waals surface area (Å²) in [5, 5.41) is 0. The molecule has 0 aromatic heterocycles. The summed E-state index contributed by atoms with van der Waals surface area (Å²) in [4.78, 5) is 0. The molecule has 0 heterocycles. The second-order valence-electron chi connectivity index (χ2n) is 4.61. The van der Waals surface area contributed by atoms with Gasteiger partial charge in [0.25, 0.3) is 5.92 Å². The molecule has 0 aliphatic heterocycles. The van der Waals surface area contributed by atoms with Gasteiger partial charge in [-0.3, -0.25) is 0 Å². The van der Waals surface area contributed by atoms with Gasteiger partial charge in [-0.1, -0.05) is 17.7 Å². The molecule has 0 radical (unpaired) electrons. The van der Waals surface area contributed by atoms with Gasteiger partial charge in [-0.15, -0.1) is 0 Å². The zero-order valence-electron chi connectivity index (χ0n) is 9.57. The fourth-order valence-electron chi connectivity index (χ4n) is 1.42. The number of alkyl halides is 2. The molecule has 0 saturated heterocycles. The van der Waals surface area contributed by atoms with Gasteiger partial charge in [0.05, 0.1) is 5.54 Å². The molecule has 0 aliphatic rings. The Balaban J connectivity index is 3.32. The van der Waals surface area contributed by atoms with Crippen molar-refractivity contribution >= 4 is 0 Å². The molecule has 1 rings (SSSR count). The van der Waals surface area contributed by atoms with E-state index in [9.17, 15) is 8.78 Å². The minimum absolute atomic E-state index is 0.0231. The lowest BCUT2D eigenvalue weighted by Crippen LogP contribution is -2.48. The lowest BCUT2D eigenvalue weighted by Gasteiger charge is -2.31. The number of nitrogens with two attached hydrogens (primary N) is 1. The van der Waals surface area contributed by atoms with Crippen molar-refractivity contribution in [3.05, 3.63) is 34.9 Å². The second kappa shape index (κ2) is 3.56. The van der Waals surface area contributed by atoms with E-state index in [1.54, 1.807) is 19.9 Å². The predicted octanol–water partition coefficient (Wildman–Crippen LogP) is 3.13. The van der Waals surface area contributed by atoms with Gasteiger partial charge in [-0.2, -0.15) is 8.78 Å². The summed E-state index contributed by atoms with van der Waals surface area (Å²) < 4.78 is 28.0. The first-order valence-electron chi connectivity index (χ1n) is 4.90. The maximum absolute atomic E-state index is 14.0. The fourth-order valence-corrected chi connectivity index (χ4v) is 1.42. The van der Waals surface area contributed by atoms with Gasteiger partial charge in [0.2, 0.25) is 0 Å². The molecule has 15 heavy (non-hydrogen) atoms. The molecule has 2 N–H and O–H groups in total. The van der Waals surface area contributed by atoms with E-state index in [4.69, 9.17) is 5.73 Å². The molecule has 0 amide bonds. The number of aryl methyl sites for hydroxylation is 2. The quantitative estimate of drug-likeness (QED) is 0.802. The number of hydrogen-bond donors (Lipinski definition) is 1. The van der Waals surface area contributed by atoms with Crippen LogP contribution in [0.2, 0.25) is 0 Å². The Morgan fingerprint density at radius 3 is 2.13 bits per heavy atom. The van der Waals surface area contributed by atoms with Crippen LogP contribution in [0.3, 0.4) is 0 Å². The number of hydrogen-bond acceptors (Lipinski definition) is 1. The zero-order valence-corrected chi connectivity index (χ0v) is 9.57.